The van der Waals surface area contributed by atoms with Gasteiger partial charge in [0, 0.05) is 25.1 Å². The molecule has 0 heterocycles. The molecule has 3 unspecified atom stereocenters. The lowest BCUT2D eigenvalue weighted by molar-refractivity contribution is -0.386. The number of nitrogens with one attached hydrogen (secondary N) is 1. The molecule has 1 saturated carbocycles. The summed E-state index contributed by atoms with van der Waals surface area (Å²) in [4.78, 5) is 10.6. The number of hydrogen-bond acceptors (Lipinski definition) is 5. The van der Waals surface area contributed by atoms with Crippen LogP contribution in [0.15, 0.2) is 18.2 Å². The number of para-hydroxylation sites is 1. The van der Waals surface area contributed by atoms with Crippen LogP contribution in [-0.4, -0.2) is 36.3 Å². The van der Waals surface area contributed by atoms with Crippen molar-refractivity contribution in [1.29, 1.82) is 0 Å². The van der Waals surface area contributed by atoms with Crippen molar-refractivity contribution in [3.05, 3.63) is 33.3 Å². The molecule has 6 nitrogen and oxygen atoms in total. The Kier molecular flexibility index (Phi) is 5.39. The van der Waals surface area contributed by atoms with E-state index < -0.39 is 4.92 Å². The quantitative estimate of drug-likeness (QED) is 0.619. The highest BCUT2D eigenvalue weighted by Gasteiger charge is 2.44. The number of ether oxygens (including phenoxy) is 2. The third-order valence-electron chi connectivity index (χ3n) is 3.49. The summed E-state index contributed by atoms with van der Waals surface area (Å²) in [6, 6.07) is 4.72. The highest BCUT2D eigenvalue weighted by atomic mass is 35.5. The Morgan fingerprint density at radius 2 is 2.24 bits per heavy atom. The zero-order valence-electron chi connectivity index (χ0n) is 12.0. The third-order valence-corrected chi connectivity index (χ3v) is 3.78. The van der Waals surface area contributed by atoms with E-state index >= 15 is 0 Å². The second kappa shape index (κ2) is 7.06. The normalized spacial score (nSPS) is 24.4. The van der Waals surface area contributed by atoms with Crippen molar-refractivity contribution in [2.45, 2.75) is 38.5 Å². The van der Waals surface area contributed by atoms with E-state index in [4.69, 9.17) is 21.1 Å². The van der Waals surface area contributed by atoms with Crippen molar-refractivity contribution in [3.8, 4) is 5.75 Å². The van der Waals surface area contributed by atoms with Crippen LogP contribution in [0.5, 0.6) is 5.75 Å². The molecule has 21 heavy (non-hydrogen) atoms. The highest BCUT2D eigenvalue weighted by molar-refractivity contribution is 6.32. The number of likely N-dealkylation sites (N-methyl/N-ethyl adjacent to an activating group) is 1. The highest BCUT2D eigenvalue weighted by Crippen LogP contribution is 2.38. The van der Waals surface area contributed by atoms with Crippen molar-refractivity contribution in [2.75, 3.05) is 13.2 Å². The summed E-state index contributed by atoms with van der Waals surface area (Å²) in [5, 5.41) is 14.6. The van der Waals surface area contributed by atoms with E-state index in [-0.39, 0.29) is 34.7 Å². The van der Waals surface area contributed by atoms with Gasteiger partial charge in [-0.25, -0.2) is 0 Å². The predicted octanol–water partition coefficient (Wildman–Crippen LogP) is 2.78. The van der Waals surface area contributed by atoms with Crippen LogP contribution in [-0.2, 0) is 4.74 Å². The van der Waals surface area contributed by atoms with Crippen LogP contribution in [0.4, 0.5) is 5.69 Å². The average Bonchev–Trinajstić information content (AvgIpc) is 2.44. The number of nitro groups is 1. The monoisotopic (exact) mass is 314 g/mol. The fourth-order valence-electron chi connectivity index (χ4n) is 2.48. The number of nitrogens with zero attached hydrogens (tertiary/aromatic N) is 1. The van der Waals surface area contributed by atoms with Crippen LogP contribution in [0.1, 0.15) is 20.3 Å². The molecule has 0 bridgehead atoms. The number of rotatable bonds is 7. The van der Waals surface area contributed by atoms with E-state index in [2.05, 4.69) is 5.32 Å². The molecule has 7 heteroatoms. The Balaban J connectivity index is 2.13. The van der Waals surface area contributed by atoms with Gasteiger partial charge in [0.25, 0.3) is 0 Å². The molecular weight excluding hydrogens is 296 g/mol. The Labute approximate surface area is 128 Å². The number of nitro benzene ring substituents is 1. The summed E-state index contributed by atoms with van der Waals surface area (Å²) < 4.78 is 11.4. The van der Waals surface area contributed by atoms with Gasteiger partial charge in [-0.3, -0.25) is 10.1 Å². The molecule has 1 fully saturated rings. The van der Waals surface area contributed by atoms with Crippen LogP contribution < -0.4 is 10.1 Å². The Morgan fingerprint density at radius 3 is 2.86 bits per heavy atom. The van der Waals surface area contributed by atoms with Gasteiger partial charge in [-0.1, -0.05) is 24.6 Å². The summed E-state index contributed by atoms with van der Waals surface area (Å²) >= 11 is 6.04. The molecule has 0 aromatic heterocycles. The second-order valence-electron chi connectivity index (χ2n) is 4.82. The summed E-state index contributed by atoms with van der Waals surface area (Å²) in [6.45, 7) is 5.34. The topological polar surface area (TPSA) is 73.6 Å². The second-order valence-corrected chi connectivity index (χ2v) is 5.23. The van der Waals surface area contributed by atoms with Crippen LogP contribution >= 0.6 is 11.6 Å². The van der Waals surface area contributed by atoms with Crippen molar-refractivity contribution < 1.29 is 14.4 Å². The first-order valence-electron chi connectivity index (χ1n) is 7.03. The molecule has 0 aliphatic heterocycles. The fourth-order valence-corrected chi connectivity index (χ4v) is 2.70. The first kappa shape index (κ1) is 16.0. The third kappa shape index (κ3) is 3.45. The summed E-state index contributed by atoms with van der Waals surface area (Å²) in [6.07, 6.45) is 0.388. The Morgan fingerprint density at radius 1 is 1.48 bits per heavy atom. The Bertz CT molecular complexity index is 512. The lowest BCUT2D eigenvalue weighted by atomic mass is 9.85. The van der Waals surface area contributed by atoms with Crippen molar-refractivity contribution in [1.82, 2.24) is 5.32 Å². The molecule has 0 spiro atoms. The maximum Gasteiger partial charge on any atom is 0.312 e. The zero-order valence-corrected chi connectivity index (χ0v) is 12.8. The minimum atomic E-state index is -0.489. The smallest absolute Gasteiger partial charge is 0.312 e. The van der Waals surface area contributed by atoms with E-state index in [9.17, 15) is 10.1 Å². The maximum absolute atomic E-state index is 11.1. The van der Waals surface area contributed by atoms with Gasteiger partial charge in [-0.05, 0) is 19.5 Å². The van der Waals surface area contributed by atoms with Crippen molar-refractivity contribution in [2.24, 2.45) is 0 Å². The summed E-state index contributed by atoms with van der Waals surface area (Å²) in [7, 11) is 0. The molecule has 0 saturated heterocycles. The van der Waals surface area contributed by atoms with E-state index in [1.54, 1.807) is 6.07 Å². The summed E-state index contributed by atoms with van der Waals surface area (Å²) in [5.41, 5.74) is -0.121. The number of hydrogen-bond donors (Lipinski definition) is 1. The van der Waals surface area contributed by atoms with Gasteiger partial charge in [0.15, 0.2) is 0 Å². The number of benzene rings is 1. The van der Waals surface area contributed by atoms with Gasteiger partial charge in [-0.15, -0.1) is 0 Å². The van der Waals surface area contributed by atoms with E-state index in [0.29, 0.717) is 6.61 Å². The molecule has 116 valence electrons. The fraction of sp³-hybridized carbons (Fsp3) is 0.571. The molecule has 2 rings (SSSR count). The molecule has 0 radical (unpaired) electrons. The van der Waals surface area contributed by atoms with E-state index in [0.717, 1.165) is 13.0 Å². The Hall–Kier alpha value is -1.37. The van der Waals surface area contributed by atoms with Crippen LogP contribution in [0.2, 0.25) is 5.02 Å². The van der Waals surface area contributed by atoms with Crippen LogP contribution in [0.25, 0.3) is 0 Å². The lowest BCUT2D eigenvalue weighted by Crippen LogP contribution is -2.61. The first-order valence-corrected chi connectivity index (χ1v) is 7.40. The van der Waals surface area contributed by atoms with Gasteiger partial charge < -0.3 is 14.8 Å². The maximum atomic E-state index is 11.1. The van der Waals surface area contributed by atoms with Crippen molar-refractivity contribution in [3.63, 3.8) is 0 Å². The first-order chi connectivity index (χ1) is 10.1. The number of halogens is 1. The molecular formula is C14H19ClN2O4. The lowest BCUT2D eigenvalue weighted by Gasteiger charge is -2.44. The van der Waals surface area contributed by atoms with E-state index in [1.165, 1.54) is 12.1 Å². The average molecular weight is 315 g/mol. The minimum absolute atomic E-state index is 0.119. The molecule has 3 atom stereocenters. The summed E-state index contributed by atoms with van der Waals surface area (Å²) in [5.74, 6) is 0.119. The van der Waals surface area contributed by atoms with Crippen LogP contribution in [0, 0.1) is 10.1 Å². The molecule has 1 N–H and O–H groups in total. The van der Waals surface area contributed by atoms with Gasteiger partial charge in [0.05, 0.1) is 9.95 Å². The molecule has 1 aromatic carbocycles. The van der Waals surface area contributed by atoms with Gasteiger partial charge in [0.2, 0.25) is 5.75 Å². The van der Waals surface area contributed by atoms with Crippen molar-refractivity contribution >= 4 is 17.3 Å². The molecule has 1 aliphatic carbocycles. The standard InChI is InChI=1S/C14H19ClN2O4/c1-3-16-10-8-12(14(10)20-4-2)21-13-9(15)6-5-7-11(13)17(18)19/h5-7,10,12,14,16H,3-4,8H2,1-2H3. The van der Waals surface area contributed by atoms with Crippen LogP contribution in [0.3, 0.4) is 0 Å². The molecule has 1 aromatic rings. The predicted molar refractivity (Wildman–Crippen MR) is 80.0 cm³/mol. The SMILES string of the molecule is CCNC1CC(Oc2c(Cl)cccc2[N+](=O)[O-])C1OCC. The molecule has 1 aliphatic rings. The largest absolute Gasteiger partial charge is 0.480 e. The minimum Gasteiger partial charge on any atom is -0.480 e. The molecule has 0 amide bonds. The van der Waals surface area contributed by atoms with Gasteiger partial charge in [-0.2, -0.15) is 0 Å². The van der Waals surface area contributed by atoms with E-state index in [1.807, 2.05) is 13.8 Å². The van der Waals surface area contributed by atoms with Gasteiger partial charge in [0.1, 0.15) is 12.2 Å². The zero-order chi connectivity index (χ0) is 15.4. The van der Waals surface area contributed by atoms with Gasteiger partial charge >= 0.3 is 5.69 Å².